The molecule has 1 aromatic carbocycles. The summed E-state index contributed by atoms with van der Waals surface area (Å²) >= 11 is 0. The highest BCUT2D eigenvalue weighted by atomic mass is 16.1. The summed E-state index contributed by atoms with van der Waals surface area (Å²) in [6.07, 6.45) is 0. The Bertz CT molecular complexity index is 501. The number of primary amides is 1. The predicted molar refractivity (Wildman–Crippen MR) is 81.3 cm³/mol. The van der Waals surface area contributed by atoms with Crippen molar-refractivity contribution < 1.29 is 4.79 Å². The van der Waals surface area contributed by atoms with Crippen LogP contribution in [0.15, 0.2) is 18.2 Å². The van der Waals surface area contributed by atoms with Crippen LogP contribution in [-0.4, -0.2) is 48.9 Å². The third-order valence-electron chi connectivity index (χ3n) is 4.14. The number of carbonyl (C=O) groups is 1. The van der Waals surface area contributed by atoms with Gasteiger partial charge in [0.15, 0.2) is 0 Å². The first-order chi connectivity index (χ1) is 9.38. The Kier molecular flexibility index (Phi) is 4.30. The number of likely N-dealkylation sites (N-methyl/N-ethyl adjacent to an activating group) is 1. The van der Waals surface area contributed by atoms with E-state index in [1.54, 1.807) is 12.1 Å². The maximum absolute atomic E-state index is 11.1. The van der Waals surface area contributed by atoms with Crippen molar-refractivity contribution in [2.24, 2.45) is 11.7 Å². The summed E-state index contributed by atoms with van der Waals surface area (Å²) in [5.74, 6) is 0.210. The first-order valence-electron chi connectivity index (χ1n) is 6.95. The number of rotatable bonds is 4. The molecular weight excluding hydrogens is 252 g/mol. The zero-order chi connectivity index (χ0) is 14.9. The number of nitrogen functional groups attached to an aromatic ring is 1. The van der Waals surface area contributed by atoms with Crippen LogP contribution in [0, 0.1) is 5.92 Å². The zero-order valence-corrected chi connectivity index (χ0v) is 12.5. The maximum atomic E-state index is 11.1. The van der Waals surface area contributed by atoms with Crippen LogP contribution in [0.5, 0.6) is 0 Å². The number of nitrogens with zero attached hydrogens (tertiary/aromatic N) is 2. The molecule has 1 aliphatic rings. The van der Waals surface area contributed by atoms with Crippen LogP contribution in [0.25, 0.3) is 0 Å². The number of nitrogens with two attached hydrogens (primary N) is 2. The van der Waals surface area contributed by atoms with Gasteiger partial charge in [-0.1, -0.05) is 13.0 Å². The molecule has 20 heavy (non-hydrogen) atoms. The number of likely N-dealkylation sites (tertiary alicyclic amines) is 1. The zero-order valence-electron chi connectivity index (χ0n) is 12.5. The smallest absolute Gasteiger partial charge is 0.248 e. The molecular formula is C15H24N4O. The summed E-state index contributed by atoms with van der Waals surface area (Å²) < 4.78 is 0. The second-order valence-corrected chi connectivity index (χ2v) is 5.98. The molecule has 1 aromatic rings. The summed E-state index contributed by atoms with van der Waals surface area (Å²) in [5.41, 5.74) is 13.4. The van der Waals surface area contributed by atoms with E-state index < -0.39 is 5.91 Å². The molecule has 4 N–H and O–H groups in total. The van der Waals surface area contributed by atoms with Crippen molar-refractivity contribution in [1.29, 1.82) is 0 Å². The van der Waals surface area contributed by atoms with Gasteiger partial charge in [-0.05, 0) is 37.7 Å². The minimum absolute atomic E-state index is 0.439. The highest BCUT2D eigenvalue weighted by Gasteiger charge is 2.30. The summed E-state index contributed by atoms with van der Waals surface area (Å²) in [7, 11) is 4.25. The summed E-state index contributed by atoms with van der Waals surface area (Å²) in [6, 6.07) is 5.90. The number of anilines is 1. The highest BCUT2D eigenvalue weighted by Crippen LogP contribution is 2.24. The fraction of sp³-hybridized carbons (Fsp3) is 0.533. The highest BCUT2D eigenvalue weighted by molar-refractivity contribution is 5.93. The van der Waals surface area contributed by atoms with Crippen molar-refractivity contribution >= 4 is 11.6 Å². The monoisotopic (exact) mass is 276 g/mol. The van der Waals surface area contributed by atoms with Gasteiger partial charge < -0.3 is 16.4 Å². The molecule has 5 nitrogen and oxygen atoms in total. The van der Waals surface area contributed by atoms with Crippen LogP contribution in [0.2, 0.25) is 0 Å². The van der Waals surface area contributed by atoms with E-state index in [0.717, 1.165) is 25.2 Å². The first kappa shape index (κ1) is 14.8. The van der Waals surface area contributed by atoms with Crippen LogP contribution in [0.4, 0.5) is 5.69 Å². The molecule has 2 rings (SSSR count). The first-order valence-corrected chi connectivity index (χ1v) is 6.95. The molecule has 0 aliphatic carbocycles. The minimum atomic E-state index is -0.439. The van der Waals surface area contributed by atoms with Crippen molar-refractivity contribution in [3.8, 4) is 0 Å². The lowest BCUT2D eigenvalue weighted by Crippen LogP contribution is -2.34. The normalized spacial score (nSPS) is 23.4. The third kappa shape index (κ3) is 3.11. The maximum Gasteiger partial charge on any atom is 0.248 e. The van der Waals surface area contributed by atoms with E-state index in [1.807, 2.05) is 6.07 Å². The summed E-state index contributed by atoms with van der Waals surface area (Å²) in [4.78, 5) is 15.8. The minimum Gasteiger partial charge on any atom is -0.398 e. The number of hydrogen-bond donors (Lipinski definition) is 2. The average molecular weight is 276 g/mol. The van der Waals surface area contributed by atoms with Gasteiger partial charge in [0.25, 0.3) is 0 Å². The van der Waals surface area contributed by atoms with E-state index >= 15 is 0 Å². The molecule has 110 valence electrons. The van der Waals surface area contributed by atoms with Gasteiger partial charge in [0.05, 0.1) is 0 Å². The largest absolute Gasteiger partial charge is 0.398 e. The second-order valence-electron chi connectivity index (χ2n) is 5.98. The second kappa shape index (κ2) is 5.81. The molecule has 1 amide bonds. The van der Waals surface area contributed by atoms with Crippen molar-refractivity contribution in [2.75, 3.05) is 32.9 Å². The molecule has 0 saturated carbocycles. The molecule has 0 bridgehead atoms. The molecule has 2 atom stereocenters. The quantitative estimate of drug-likeness (QED) is 0.796. The van der Waals surface area contributed by atoms with Crippen LogP contribution < -0.4 is 11.5 Å². The van der Waals surface area contributed by atoms with Crippen LogP contribution >= 0.6 is 0 Å². The van der Waals surface area contributed by atoms with E-state index in [2.05, 4.69) is 30.8 Å². The number of amides is 1. The van der Waals surface area contributed by atoms with Crippen molar-refractivity contribution in [3.63, 3.8) is 0 Å². The predicted octanol–water partition coefficient (Wildman–Crippen LogP) is 0.750. The van der Waals surface area contributed by atoms with Gasteiger partial charge >= 0.3 is 0 Å². The topological polar surface area (TPSA) is 75.6 Å². The van der Waals surface area contributed by atoms with Crippen LogP contribution in [0.1, 0.15) is 22.8 Å². The Morgan fingerprint density at radius 2 is 2.10 bits per heavy atom. The van der Waals surface area contributed by atoms with Crippen molar-refractivity contribution in [3.05, 3.63) is 29.3 Å². The number of carbonyl (C=O) groups excluding carboxylic acids is 1. The Balaban J connectivity index is 2.06. The average Bonchev–Trinajstić information content (AvgIpc) is 2.73. The summed E-state index contributed by atoms with van der Waals surface area (Å²) in [5, 5.41) is 0. The Labute approximate surface area is 120 Å². The fourth-order valence-corrected chi connectivity index (χ4v) is 2.98. The van der Waals surface area contributed by atoms with E-state index in [9.17, 15) is 4.79 Å². The van der Waals surface area contributed by atoms with Gasteiger partial charge in [-0.15, -0.1) is 0 Å². The standard InChI is InChI=1S/C15H24N4O/c1-10-7-19(9-14(10)18(2)3)8-12-5-4-11(15(17)20)6-13(12)16/h4-6,10,14H,7-9,16H2,1-3H3,(H2,17,20). The number of benzene rings is 1. The van der Waals surface area contributed by atoms with E-state index in [0.29, 0.717) is 23.2 Å². The molecule has 0 spiro atoms. The Morgan fingerprint density at radius 3 is 2.60 bits per heavy atom. The van der Waals surface area contributed by atoms with Crippen molar-refractivity contribution in [2.45, 2.75) is 19.5 Å². The van der Waals surface area contributed by atoms with Gasteiger partial charge in [0, 0.05) is 36.9 Å². The molecule has 1 fully saturated rings. The Morgan fingerprint density at radius 1 is 1.40 bits per heavy atom. The molecule has 0 aromatic heterocycles. The Hall–Kier alpha value is -1.59. The molecule has 2 unspecified atom stereocenters. The lowest BCUT2D eigenvalue weighted by molar-refractivity contribution is 0.100. The van der Waals surface area contributed by atoms with E-state index in [-0.39, 0.29) is 0 Å². The van der Waals surface area contributed by atoms with E-state index in [4.69, 9.17) is 11.5 Å². The van der Waals surface area contributed by atoms with E-state index in [1.165, 1.54) is 0 Å². The van der Waals surface area contributed by atoms with Gasteiger partial charge in [0.2, 0.25) is 5.91 Å². The molecule has 1 aliphatic heterocycles. The van der Waals surface area contributed by atoms with Gasteiger partial charge in [-0.2, -0.15) is 0 Å². The molecule has 1 saturated heterocycles. The lowest BCUT2D eigenvalue weighted by Gasteiger charge is -2.22. The lowest BCUT2D eigenvalue weighted by atomic mass is 10.1. The molecule has 5 heteroatoms. The summed E-state index contributed by atoms with van der Waals surface area (Å²) in [6.45, 7) is 5.22. The van der Waals surface area contributed by atoms with Crippen molar-refractivity contribution in [1.82, 2.24) is 9.80 Å². The SMILES string of the molecule is CC1CN(Cc2ccc(C(N)=O)cc2N)CC1N(C)C. The van der Waals surface area contributed by atoms with Gasteiger partial charge in [-0.25, -0.2) is 0 Å². The van der Waals surface area contributed by atoms with Gasteiger partial charge in [0.1, 0.15) is 0 Å². The fourth-order valence-electron chi connectivity index (χ4n) is 2.98. The molecule has 1 heterocycles. The number of hydrogen-bond acceptors (Lipinski definition) is 4. The van der Waals surface area contributed by atoms with Gasteiger partial charge in [-0.3, -0.25) is 9.69 Å². The van der Waals surface area contributed by atoms with Crippen LogP contribution in [0.3, 0.4) is 0 Å². The third-order valence-corrected chi connectivity index (χ3v) is 4.14. The van der Waals surface area contributed by atoms with Crippen LogP contribution in [-0.2, 0) is 6.54 Å². The molecule has 0 radical (unpaired) electrons.